The number of hydrogen-bond donors (Lipinski definition) is 2. The maximum Gasteiger partial charge on any atom is 0.332 e. The van der Waals surface area contributed by atoms with E-state index in [1.54, 1.807) is 12.1 Å². The van der Waals surface area contributed by atoms with Crippen molar-refractivity contribution >= 4 is 35.4 Å². The van der Waals surface area contributed by atoms with Crippen LogP contribution in [0.15, 0.2) is 17.2 Å². The summed E-state index contributed by atoms with van der Waals surface area (Å²) in [4.78, 5) is 10.5. The van der Waals surface area contributed by atoms with Crippen LogP contribution in [0.25, 0.3) is 0 Å². The molecule has 0 fully saturated rings. The van der Waals surface area contributed by atoms with E-state index in [0.29, 0.717) is 33.9 Å². The van der Waals surface area contributed by atoms with E-state index in [4.69, 9.17) is 33.7 Å². The molecule has 0 spiro atoms. The first kappa shape index (κ1) is 15.6. The Morgan fingerprint density at radius 2 is 2.05 bits per heavy atom. The van der Waals surface area contributed by atoms with Crippen molar-refractivity contribution in [2.24, 2.45) is 16.8 Å². The fraction of sp³-hybridized carbons (Fsp3) is 0.333. The topological polar surface area (TPSA) is 76.7 Å². The molecule has 2 amide bonds. The van der Waals surface area contributed by atoms with Crippen LogP contribution in [0, 0.1) is 5.92 Å². The summed E-state index contributed by atoms with van der Waals surface area (Å²) >= 11 is 12.2. The lowest BCUT2D eigenvalue weighted by Crippen LogP contribution is -2.24. The van der Waals surface area contributed by atoms with Gasteiger partial charge < -0.3 is 10.5 Å². The minimum Gasteiger partial charge on any atom is -0.490 e. The molecule has 0 saturated heterocycles. The second-order valence-corrected chi connectivity index (χ2v) is 5.07. The van der Waals surface area contributed by atoms with E-state index in [2.05, 4.69) is 10.5 Å². The van der Waals surface area contributed by atoms with Crippen molar-refractivity contribution in [3.05, 3.63) is 27.7 Å². The molecule has 0 heterocycles. The van der Waals surface area contributed by atoms with Crippen molar-refractivity contribution in [2.45, 2.75) is 13.8 Å². The van der Waals surface area contributed by atoms with Gasteiger partial charge in [-0.15, -0.1) is 0 Å². The third-order valence-corrected chi connectivity index (χ3v) is 2.53. The van der Waals surface area contributed by atoms with Crippen molar-refractivity contribution in [2.75, 3.05) is 6.61 Å². The Morgan fingerprint density at radius 3 is 2.53 bits per heavy atom. The normalized spacial score (nSPS) is 11.0. The number of hydrogen-bond acceptors (Lipinski definition) is 3. The minimum absolute atomic E-state index is 0.369. The van der Waals surface area contributed by atoms with Crippen LogP contribution in [0.1, 0.15) is 19.4 Å². The van der Waals surface area contributed by atoms with E-state index >= 15 is 0 Å². The first-order valence-electron chi connectivity index (χ1n) is 5.60. The number of amides is 2. The van der Waals surface area contributed by atoms with Gasteiger partial charge in [-0.2, -0.15) is 5.10 Å². The summed E-state index contributed by atoms with van der Waals surface area (Å²) in [6.07, 6.45) is 1.38. The van der Waals surface area contributed by atoms with Gasteiger partial charge in [0.1, 0.15) is 0 Å². The summed E-state index contributed by atoms with van der Waals surface area (Å²) in [6, 6.07) is 2.52. The van der Waals surface area contributed by atoms with Gasteiger partial charge >= 0.3 is 6.03 Å². The van der Waals surface area contributed by atoms with Gasteiger partial charge in [0.05, 0.1) is 22.9 Å². The van der Waals surface area contributed by atoms with Crippen LogP contribution < -0.4 is 15.9 Å². The van der Waals surface area contributed by atoms with Gasteiger partial charge in [-0.25, -0.2) is 10.2 Å². The molecule has 0 bridgehead atoms. The van der Waals surface area contributed by atoms with Crippen LogP contribution >= 0.6 is 23.2 Å². The predicted octanol–water partition coefficient (Wildman–Crippen LogP) is 3.03. The Hall–Kier alpha value is -1.46. The van der Waals surface area contributed by atoms with E-state index in [1.165, 1.54) is 6.21 Å². The average Bonchev–Trinajstić information content (AvgIpc) is 2.26. The smallest absolute Gasteiger partial charge is 0.332 e. The molecule has 1 aromatic rings. The number of primary amides is 1. The van der Waals surface area contributed by atoms with Crippen molar-refractivity contribution in [1.29, 1.82) is 0 Å². The molecule has 104 valence electrons. The van der Waals surface area contributed by atoms with Gasteiger partial charge in [0.2, 0.25) is 0 Å². The number of halogens is 2. The highest BCUT2D eigenvalue weighted by molar-refractivity contribution is 6.37. The second kappa shape index (κ2) is 7.21. The average molecular weight is 304 g/mol. The number of carbonyl (C=O) groups is 1. The van der Waals surface area contributed by atoms with E-state index in [1.807, 2.05) is 13.8 Å². The van der Waals surface area contributed by atoms with Gasteiger partial charge in [0, 0.05) is 0 Å². The highest BCUT2D eigenvalue weighted by Crippen LogP contribution is 2.34. The van der Waals surface area contributed by atoms with Crippen LogP contribution in [0.4, 0.5) is 4.79 Å². The molecule has 3 N–H and O–H groups in total. The zero-order valence-electron chi connectivity index (χ0n) is 10.6. The number of ether oxygens (including phenoxy) is 1. The predicted molar refractivity (Wildman–Crippen MR) is 77.1 cm³/mol. The molecule has 1 rings (SSSR count). The molecule has 0 aromatic heterocycles. The number of rotatable bonds is 5. The van der Waals surface area contributed by atoms with Gasteiger partial charge in [-0.1, -0.05) is 37.0 Å². The second-order valence-electron chi connectivity index (χ2n) is 4.25. The molecule has 0 aliphatic rings. The standard InChI is InChI=1S/C12H15Cl2N3O2/c1-7(2)6-19-11-9(13)3-8(4-10(11)14)5-16-17-12(15)18/h3-5,7H,6H2,1-2H3,(H3,15,17,18)/b16-5-. The van der Waals surface area contributed by atoms with Crippen molar-refractivity contribution in [3.63, 3.8) is 0 Å². The fourth-order valence-corrected chi connectivity index (χ4v) is 1.83. The first-order chi connectivity index (χ1) is 8.90. The minimum atomic E-state index is -0.745. The Morgan fingerprint density at radius 1 is 1.47 bits per heavy atom. The Balaban J connectivity index is 2.84. The number of nitrogens with two attached hydrogens (primary N) is 1. The molecule has 0 radical (unpaired) electrons. The number of nitrogens with one attached hydrogen (secondary N) is 1. The Labute approximate surface area is 121 Å². The lowest BCUT2D eigenvalue weighted by molar-refractivity contribution is 0.249. The molecule has 7 heteroatoms. The molecular weight excluding hydrogens is 289 g/mol. The summed E-state index contributed by atoms with van der Waals surface area (Å²) in [7, 11) is 0. The van der Waals surface area contributed by atoms with Crippen LogP contribution in [0.5, 0.6) is 5.75 Å². The van der Waals surface area contributed by atoms with Crippen molar-refractivity contribution in [1.82, 2.24) is 5.43 Å². The van der Waals surface area contributed by atoms with Crippen LogP contribution in [0.2, 0.25) is 10.0 Å². The molecule has 0 atom stereocenters. The highest BCUT2D eigenvalue weighted by Gasteiger charge is 2.10. The number of benzene rings is 1. The van der Waals surface area contributed by atoms with E-state index in [0.717, 1.165) is 0 Å². The largest absolute Gasteiger partial charge is 0.490 e. The Kier molecular flexibility index (Phi) is 5.92. The van der Waals surface area contributed by atoms with Crippen LogP contribution in [-0.2, 0) is 0 Å². The van der Waals surface area contributed by atoms with E-state index < -0.39 is 6.03 Å². The third-order valence-electron chi connectivity index (χ3n) is 1.97. The molecule has 0 aliphatic heterocycles. The molecule has 0 saturated carbocycles. The number of urea groups is 1. The molecule has 5 nitrogen and oxygen atoms in total. The summed E-state index contributed by atoms with van der Waals surface area (Å²) in [5.41, 5.74) is 7.58. The molecule has 1 aromatic carbocycles. The van der Waals surface area contributed by atoms with Gasteiger partial charge in [0.25, 0.3) is 0 Å². The lowest BCUT2D eigenvalue weighted by atomic mass is 10.2. The SMILES string of the molecule is CC(C)COc1c(Cl)cc(/C=N\NC(N)=O)cc1Cl. The zero-order valence-corrected chi connectivity index (χ0v) is 12.1. The van der Waals surface area contributed by atoms with Crippen LogP contribution in [0.3, 0.4) is 0 Å². The maximum absolute atomic E-state index is 10.5. The van der Waals surface area contributed by atoms with Crippen LogP contribution in [-0.4, -0.2) is 18.9 Å². The summed E-state index contributed by atoms with van der Waals surface area (Å²) in [6.45, 7) is 4.58. The van der Waals surface area contributed by atoms with E-state index in [-0.39, 0.29) is 0 Å². The summed E-state index contributed by atoms with van der Waals surface area (Å²) in [5, 5.41) is 4.39. The van der Waals surface area contributed by atoms with Gasteiger partial charge in [0.15, 0.2) is 5.75 Å². The first-order valence-corrected chi connectivity index (χ1v) is 6.36. The number of carbonyl (C=O) groups excluding carboxylic acids is 1. The summed E-state index contributed by atoms with van der Waals surface area (Å²) in [5.74, 6) is 0.810. The number of hydrazone groups is 1. The molecular formula is C12H15Cl2N3O2. The lowest BCUT2D eigenvalue weighted by Gasteiger charge is -2.12. The zero-order chi connectivity index (χ0) is 14.4. The molecule has 0 aliphatic carbocycles. The van der Waals surface area contributed by atoms with Gasteiger partial charge in [-0.3, -0.25) is 0 Å². The number of nitrogens with zero attached hydrogens (tertiary/aromatic N) is 1. The van der Waals surface area contributed by atoms with Crippen molar-refractivity contribution < 1.29 is 9.53 Å². The highest BCUT2D eigenvalue weighted by atomic mass is 35.5. The molecule has 0 unspecified atom stereocenters. The van der Waals surface area contributed by atoms with E-state index in [9.17, 15) is 4.79 Å². The van der Waals surface area contributed by atoms with Gasteiger partial charge in [-0.05, 0) is 23.6 Å². The molecule has 19 heavy (non-hydrogen) atoms. The summed E-state index contributed by atoms with van der Waals surface area (Å²) < 4.78 is 5.53. The third kappa shape index (κ3) is 5.36. The fourth-order valence-electron chi connectivity index (χ4n) is 1.21. The Bertz CT molecular complexity index is 467. The monoisotopic (exact) mass is 303 g/mol. The maximum atomic E-state index is 10.5. The quantitative estimate of drug-likeness (QED) is 0.648. The van der Waals surface area contributed by atoms with Crippen molar-refractivity contribution in [3.8, 4) is 5.75 Å².